The first-order chi connectivity index (χ1) is 9.54. The average molecular weight is 329 g/mol. The fourth-order valence-electron chi connectivity index (χ4n) is 3.21. The van der Waals surface area contributed by atoms with Crippen LogP contribution in [0.5, 0.6) is 0 Å². The van der Waals surface area contributed by atoms with Crippen LogP contribution in [-0.2, 0) is 10.2 Å². The number of carbonyl (C=O) groups excluding carboxylic acids is 1. The van der Waals surface area contributed by atoms with E-state index in [1.807, 2.05) is 12.1 Å². The summed E-state index contributed by atoms with van der Waals surface area (Å²) in [5.74, 6) is 0.0118. The van der Waals surface area contributed by atoms with Crippen LogP contribution in [0.15, 0.2) is 24.3 Å². The molecule has 2 fully saturated rings. The number of hydrogen-bond donors (Lipinski definition) is 2. The topological polar surface area (TPSA) is 55.1 Å². The van der Waals surface area contributed by atoms with Crippen LogP contribution < -0.4 is 11.1 Å². The molecular formula is C16H22Cl2N2O. The SMILES string of the molecule is Cl.NC1(C(=O)NCC2(c3ccc(Cl)cc3)CCCC2)CC1. The highest BCUT2D eigenvalue weighted by molar-refractivity contribution is 6.30. The van der Waals surface area contributed by atoms with Crippen LogP contribution in [0.1, 0.15) is 44.1 Å². The van der Waals surface area contributed by atoms with Gasteiger partial charge in [-0.15, -0.1) is 12.4 Å². The Hall–Kier alpha value is -0.770. The number of benzene rings is 1. The van der Waals surface area contributed by atoms with Crippen LogP contribution in [0.2, 0.25) is 5.02 Å². The minimum absolute atomic E-state index is 0. The third kappa shape index (κ3) is 3.36. The van der Waals surface area contributed by atoms with Crippen LogP contribution in [0.4, 0.5) is 0 Å². The van der Waals surface area contributed by atoms with Gasteiger partial charge in [-0.2, -0.15) is 0 Å². The van der Waals surface area contributed by atoms with Crippen molar-refractivity contribution >= 4 is 29.9 Å². The summed E-state index contributed by atoms with van der Waals surface area (Å²) in [6.07, 6.45) is 6.29. The Morgan fingerprint density at radius 3 is 2.24 bits per heavy atom. The van der Waals surface area contributed by atoms with Gasteiger partial charge < -0.3 is 11.1 Å². The van der Waals surface area contributed by atoms with Crippen molar-refractivity contribution in [3.05, 3.63) is 34.9 Å². The highest BCUT2D eigenvalue weighted by Crippen LogP contribution is 2.41. The Balaban J connectivity index is 0.00000161. The van der Waals surface area contributed by atoms with Crippen LogP contribution in [0, 0.1) is 0 Å². The highest BCUT2D eigenvalue weighted by atomic mass is 35.5. The summed E-state index contributed by atoms with van der Waals surface area (Å²) >= 11 is 5.97. The van der Waals surface area contributed by atoms with Gasteiger partial charge >= 0.3 is 0 Å². The molecule has 2 aliphatic carbocycles. The van der Waals surface area contributed by atoms with Crippen molar-refractivity contribution < 1.29 is 4.79 Å². The number of halogens is 2. The molecule has 0 saturated heterocycles. The third-order valence-electron chi connectivity index (χ3n) is 4.85. The van der Waals surface area contributed by atoms with Gasteiger partial charge in [-0.05, 0) is 43.4 Å². The predicted octanol–water partition coefficient (Wildman–Crippen LogP) is 3.18. The zero-order valence-electron chi connectivity index (χ0n) is 12.0. The van der Waals surface area contributed by atoms with E-state index in [2.05, 4.69) is 17.4 Å². The summed E-state index contributed by atoms with van der Waals surface area (Å²) in [7, 11) is 0. The third-order valence-corrected chi connectivity index (χ3v) is 5.10. The maximum absolute atomic E-state index is 12.1. The second-order valence-electron chi connectivity index (χ2n) is 6.33. The van der Waals surface area contributed by atoms with Gasteiger partial charge in [0.25, 0.3) is 0 Å². The predicted molar refractivity (Wildman–Crippen MR) is 88.0 cm³/mol. The first-order valence-electron chi connectivity index (χ1n) is 7.37. The van der Waals surface area contributed by atoms with Gasteiger partial charge in [-0.25, -0.2) is 0 Å². The lowest BCUT2D eigenvalue weighted by Crippen LogP contribution is -2.47. The van der Waals surface area contributed by atoms with E-state index in [9.17, 15) is 4.79 Å². The molecule has 5 heteroatoms. The molecule has 0 aromatic heterocycles. The lowest BCUT2D eigenvalue weighted by Gasteiger charge is -2.30. The van der Waals surface area contributed by atoms with Gasteiger partial charge in [0.05, 0.1) is 5.54 Å². The van der Waals surface area contributed by atoms with Crippen molar-refractivity contribution in [3.63, 3.8) is 0 Å². The van der Waals surface area contributed by atoms with Crippen LogP contribution >= 0.6 is 24.0 Å². The fraction of sp³-hybridized carbons (Fsp3) is 0.562. The lowest BCUT2D eigenvalue weighted by molar-refractivity contribution is -0.123. The molecule has 0 heterocycles. The summed E-state index contributed by atoms with van der Waals surface area (Å²) in [4.78, 5) is 12.1. The Morgan fingerprint density at radius 2 is 1.71 bits per heavy atom. The first-order valence-corrected chi connectivity index (χ1v) is 7.75. The zero-order valence-corrected chi connectivity index (χ0v) is 13.6. The van der Waals surface area contributed by atoms with Gasteiger partial charge in [0, 0.05) is 17.0 Å². The zero-order chi connectivity index (χ0) is 14.2. The van der Waals surface area contributed by atoms with Gasteiger partial charge in [0.1, 0.15) is 0 Å². The number of rotatable bonds is 4. The molecule has 1 amide bonds. The van der Waals surface area contributed by atoms with E-state index in [4.69, 9.17) is 17.3 Å². The first kappa shape index (κ1) is 16.6. The molecule has 2 aliphatic rings. The van der Waals surface area contributed by atoms with E-state index in [1.165, 1.54) is 18.4 Å². The molecule has 0 spiro atoms. The fourth-order valence-corrected chi connectivity index (χ4v) is 3.34. The molecule has 3 rings (SSSR count). The van der Waals surface area contributed by atoms with Gasteiger partial charge in [-0.3, -0.25) is 4.79 Å². The Morgan fingerprint density at radius 1 is 1.14 bits per heavy atom. The number of nitrogens with two attached hydrogens (primary N) is 1. The minimum Gasteiger partial charge on any atom is -0.354 e. The molecule has 0 aliphatic heterocycles. The molecular weight excluding hydrogens is 307 g/mol. The Kier molecular flexibility index (Phi) is 4.86. The number of amides is 1. The molecule has 3 nitrogen and oxygen atoms in total. The summed E-state index contributed by atoms with van der Waals surface area (Å²) in [5.41, 5.74) is 6.70. The van der Waals surface area contributed by atoms with Gasteiger partial charge in [0.15, 0.2) is 0 Å². The van der Waals surface area contributed by atoms with E-state index >= 15 is 0 Å². The van der Waals surface area contributed by atoms with Crippen LogP contribution in [0.25, 0.3) is 0 Å². The van der Waals surface area contributed by atoms with Crippen molar-refractivity contribution in [1.29, 1.82) is 0 Å². The van der Waals surface area contributed by atoms with E-state index in [1.54, 1.807) is 0 Å². The highest BCUT2D eigenvalue weighted by Gasteiger charge is 2.47. The Labute approximate surface area is 137 Å². The summed E-state index contributed by atoms with van der Waals surface area (Å²) in [6, 6.07) is 8.05. The van der Waals surface area contributed by atoms with Gasteiger partial charge in [-0.1, -0.05) is 36.6 Å². The lowest BCUT2D eigenvalue weighted by atomic mass is 9.78. The molecule has 1 aromatic carbocycles. The maximum atomic E-state index is 12.1. The minimum atomic E-state index is -0.584. The normalized spacial score (nSPS) is 21.4. The molecule has 0 unspecified atom stereocenters. The quantitative estimate of drug-likeness (QED) is 0.891. The van der Waals surface area contributed by atoms with Crippen LogP contribution in [-0.4, -0.2) is 18.0 Å². The van der Waals surface area contributed by atoms with Crippen molar-refractivity contribution in [2.75, 3.05) is 6.54 Å². The number of hydrogen-bond acceptors (Lipinski definition) is 2. The van der Waals surface area contributed by atoms with Crippen molar-refractivity contribution in [2.45, 2.75) is 49.5 Å². The van der Waals surface area contributed by atoms with Crippen molar-refractivity contribution in [3.8, 4) is 0 Å². The second kappa shape index (κ2) is 6.15. The molecule has 0 radical (unpaired) electrons. The molecule has 2 saturated carbocycles. The molecule has 0 bridgehead atoms. The maximum Gasteiger partial charge on any atom is 0.240 e. The molecule has 3 N–H and O–H groups in total. The molecule has 116 valence electrons. The molecule has 0 atom stereocenters. The number of nitrogens with one attached hydrogen (secondary N) is 1. The van der Waals surface area contributed by atoms with Crippen molar-refractivity contribution in [1.82, 2.24) is 5.32 Å². The summed E-state index contributed by atoms with van der Waals surface area (Å²) in [6.45, 7) is 0.687. The van der Waals surface area contributed by atoms with Gasteiger partial charge in [0.2, 0.25) is 5.91 Å². The molecule has 21 heavy (non-hydrogen) atoms. The Bertz CT molecular complexity index is 506. The standard InChI is InChI=1S/C16H21ClN2O.ClH/c17-13-5-3-12(4-6-13)15(7-1-2-8-15)11-19-14(20)16(18)9-10-16;/h3-6H,1-2,7-11,18H2,(H,19,20);1H. The molecule has 1 aromatic rings. The van der Waals surface area contributed by atoms with E-state index in [0.717, 1.165) is 30.7 Å². The van der Waals surface area contributed by atoms with E-state index < -0.39 is 5.54 Å². The monoisotopic (exact) mass is 328 g/mol. The van der Waals surface area contributed by atoms with Crippen LogP contribution in [0.3, 0.4) is 0 Å². The van der Waals surface area contributed by atoms with E-state index in [0.29, 0.717) is 6.54 Å². The summed E-state index contributed by atoms with van der Waals surface area (Å²) in [5, 5.41) is 3.84. The summed E-state index contributed by atoms with van der Waals surface area (Å²) < 4.78 is 0. The largest absolute Gasteiger partial charge is 0.354 e. The second-order valence-corrected chi connectivity index (χ2v) is 6.77. The van der Waals surface area contributed by atoms with Crippen molar-refractivity contribution in [2.24, 2.45) is 5.73 Å². The smallest absolute Gasteiger partial charge is 0.240 e. The van der Waals surface area contributed by atoms with E-state index in [-0.39, 0.29) is 23.7 Å². The number of carbonyl (C=O) groups is 1. The average Bonchev–Trinajstić information content (AvgIpc) is 3.03.